The number of halogens is 1. The van der Waals surface area contributed by atoms with Gasteiger partial charge in [0.05, 0.1) is 5.69 Å². The standard InChI is InChI=1S/C20H28FN3O2/c1-12(2)8-19(25)23-18-7-4-13(9-17(18)21)20(26)24(3)16-10-14-5-6-15(11-16)22-14/h4,7,9,12,14-16,22H,5-6,8,10-11H2,1-3H3,(H,23,25). The lowest BCUT2D eigenvalue weighted by Gasteiger charge is -2.35. The van der Waals surface area contributed by atoms with Crippen LogP contribution in [0.2, 0.25) is 0 Å². The number of carbonyl (C=O) groups excluding carboxylic acids is 2. The van der Waals surface area contributed by atoms with Crippen LogP contribution in [0.1, 0.15) is 56.3 Å². The SMILES string of the molecule is CC(C)CC(=O)Nc1ccc(C(=O)N(C)C2CC3CCC(C2)N3)cc1F. The third-order valence-corrected chi connectivity index (χ3v) is 5.40. The second kappa shape index (κ2) is 7.74. The van der Waals surface area contributed by atoms with Crippen LogP contribution in [0, 0.1) is 11.7 Å². The van der Waals surface area contributed by atoms with Gasteiger partial charge in [0, 0.05) is 37.2 Å². The van der Waals surface area contributed by atoms with Crippen molar-refractivity contribution in [1.29, 1.82) is 0 Å². The molecule has 0 aromatic heterocycles. The number of hydrogen-bond acceptors (Lipinski definition) is 3. The Bertz CT molecular complexity index is 680. The fourth-order valence-electron chi connectivity index (χ4n) is 4.03. The van der Waals surface area contributed by atoms with Crippen molar-refractivity contribution in [3.05, 3.63) is 29.6 Å². The summed E-state index contributed by atoms with van der Waals surface area (Å²) in [5, 5.41) is 6.14. The van der Waals surface area contributed by atoms with Gasteiger partial charge in [0.15, 0.2) is 0 Å². The molecule has 0 saturated carbocycles. The summed E-state index contributed by atoms with van der Waals surface area (Å²) in [6.45, 7) is 3.86. The van der Waals surface area contributed by atoms with Crippen LogP contribution in [-0.4, -0.2) is 41.9 Å². The molecule has 2 N–H and O–H groups in total. The Balaban J connectivity index is 1.66. The van der Waals surface area contributed by atoms with E-state index < -0.39 is 5.82 Å². The van der Waals surface area contributed by atoms with Gasteiger partial charge in [-0.05, 0) is 49.8 Å². The molecule has 2 fully saturated rings. The maximum Gasteiger partial charge on any atom is 0.253 e. The zero-order valence-electron chi connectivity index (χ0n) is 15.7. The first kappa shape index (κ1) is 18.8. The highest BCUT2D eigenvalue weighted by atomic mass is 19.1. The number of piperidine rings is 1. The third-order valence-electron chi connectivity index (χ3n) is 5.40. The van der Waals surface area contributed by atoms with E-state index in [0.717, 1.165) is 12.8 Å². The van der Waals surface area contributed by atoms with E-state index in [2.05, 4.69) is 10.6 Å². The van der Waals surface area contributed by atoms with Gasteiger partial charge in [0.25, 0.3) is 5.91 Å². The summed E-state index contributed by atoms with van der Waals surface area (Å²) in [6, 6.07) is 5.45. The molecule has 1 aromatic rings. The summed E-state index contributed by atoms with van der Waals surface area (Å²) in [5.41, 5.74) is 0.438. The minimum absolute atomic E-state index is 0.120. The van der Waals surface area contributed by atoms with E-state index in [9.17, 15) is 14.0 Å². The lowest BCUT2D eigenvalue weighted by molar-refractivity contribution is -0.116. The number of hydrogen-bond donors (Lipinski definition) is 2. The van der Waals surface area contributed by atoms with Gasteiger partial charge in [-0.3, -0.25) is 9.59 Å². The van der Waals surface area contributed by atoms with Crippen LogP contribution in [0.3, 0.4) is 0 Å². The van der Waals surface area contributed by atoms with E-state index in [1.54, 1.807) is 18.0 Å². The van der Waals surface area contributed by atoms with E-state index in [0.29, 0.717) is 24.1 Å². The lowest BCUT2D eigenvalue weighted by Crippen LogP contribution is -2.48. The van der Waals surface area contributed by atoms with Crippen molar-refractivity contribution in [3.8, 4) is 0 Å². The monoisotopic (exact) mass is 361 g/mol. The van der Waals surface area contributed by atoms with Crippen molar-refractivity contribution in [2.24, 2.45) is 5.92 Å². The van der Waals surface area contributed by atoms with Crippen LogP contribution >= 0.6 is 0 Å². The summed E-state index contributed by atoms with van der Waals surface area (Å²) in [6.07, 6.45) is 4.57. The quantitative estimate of drug-likeness (QED) is 0.847. The van der Waals surface area contributed by atoms with Crippen LogP contribution in [0.25, 0.3) is 0 Å². The van der Waals surface area contributed by atoms with Gasteiger partial charge in [-0.15, -0.1) is 0 Å². The molecule has 0 spiro atoms. The van der Waals surface area contributed by atoms with Crippen molar-refractivity contribution in [3.63, 3.8) is 0 Å². The molecule has 2 amide bonds. The van der Waals surface area contributed by atoms with Crippen molar-refractivity contribution in [1.82, 2.24) is 10.2 Å². The van der Waals surface area contributed by atoms with E-state index in [-0.39, 0.29) is 29.5 Å². The van der Waals surface area contributed by atoms with Crippen LogP contribution < -0.4 is 10.6 Å². The second-order valence-corrected chi connectivity index (χ2v) is 8.02. The van der Waals surface area contributed by atoms with E-state index in [1.165, 1.54) is 25.0 Å². The third kappa shape index (κ3) is 4.23. The molecule has 26 heavy (non-hydrogen) atoms. The smallest absolute Gasteiger partial charge is 0.253 e. The van der Waals surface area contributed by atoms with Gasteiger partial charge < -0.3 is 15.5 Å². The van der Waals surface area contributed by atoms with E-state index in [1.807, 2.05) is 13.8 Å². The number of fused-ring (bicyclic) bond motifs is 2. The number of nitrogens with zero attached hydrogens (tertiary/aromatic N) is 1. The van der Waals surface area contributed by atoms with Crippen molar-refractivity contribution in [2.45, 2.75) is 64.1 Å². The average Bonchev–Trinajstić information content (AvgIpc) is 2.92. The largest absolute Gasteiger partial charge is 0.339 e. The fourth-order valence-corrected chi connectivity index (χ4v) is 4.03. The van der Waals surface area contributed by atoms with Gasteiger partial charge in [-0.25, -0.2) is 4.39 Å². The Labute approximate surface area is 154 Å². The maximum absolute atomic E-state index is 14.4. The highest BCUT2D eigenvalue weighted by Gasteiger charge is 2.36. The van der Waals surface area contributed by atoms with Gasteiger partial charge in [0.2, 0.25) is 5.91 Å². The Morgan fingerprint density at radius 2 is 1.92 bits per heavy atom. The van der Waals surface area contributed by atoms with Crippen molar-refractivity contribution in [2.75, 3.05) is 12.4 Å². The fraction of sp³-hybridized carbons (Fsp3) is 0.600. The van der Waals surface area contributed by atoms with Gasteiger partial charge in [-0.1, -0.05) is 13.8 Å². The predicted molar refractivity (Wildman–Crippen MR) is 99.5 cm³/mol. The number of amides is 2. The van der Waals surface area contributed by atoms with Crippen molar-refractivity contribution < 1.29 is 14.0 Å². The Morgan fingerprint density at radius 3 is 2.50 bits per heavy atom. The number of nitrogens with one attached hydrogen (secondary N) is 2. The number of benzene rings is 1. The first-order valence-corrected chi connectivity index (χ1v) is 9.46. The molecule has 6 heteroatoms. The minimum Gasteiger partial charge on any atom is -0.339 e. The average molecular weight is 361 g/mol. The molecule has 2 saturated heterocycles. The molecule has 2 heterocycles. The van der Waals surface area contributed by atoms with E-state index in [4.69, 9.17) is 0 Å². The number of anilines is 1. The van der Waals surface area contributed by atoms with Crippen LogP contribution in [0.15, 0.2) is 18.2 Å². The second-order valence-electron chi connectivity index (χ2n) is 8.02. The first-order chi connectivity index (χ1) is 12.3. The molecule has 2 atom stereocenters. The zero-order chi connectivity index (χ0) is 18.8. The molecule has 0 radical (unpaired) electrons. The highest BCUT2D eigenvalue weighted by Crippen LogP contribution is 2.30. The first-order valence-electron chi connectivity index (χ1n) is 9.46. The molecule has 2 aliphatic rings. The topological polar surface area (TPSA) is 61.4 Å². The summed E-state index contributed by atoms with van der Waals surface area (Å²) in [7, 11) is 1.80. The molecule has 0 aliphatic carbocycles. The maximum atomic E-state index is 14.4. The lowest BCUT2D eigenvalue weighted by atomic mass is 9.98. The minimum atomic E-state index is -0.577. The number of carbonyl (C=O) groups is 2. The van der Waals surface area contributed by atoms with E-state index >= 15 is 0 Å². The summed E-state index contributed by atoms with van der Waals surface area (Å²) in [4.78, 5) is 26.3. The van der Waals surface area contributed by atoms with Crippen LogP contribution in [0.5, 0.6) is 0 Å². The summed E-state index contributed by atoms with van der Waals surface area (Å²) >= 11 is 0. The van der Waals surface area contributed by atoms with Crippen LogP contribution in [0.4, 0.5) is 10.1 Å². The normalized spacial score (nSPS) is 24.6. The molecule has 3 rings (SSSR count). The molecule has 1 aromatic carbocycles. The summed E-state index contributed by atoms with van der Waals surface area (Å²) in [5.74, 6) is -0.768. The summed E-state index contributed by atoms with van der Waals surface area (Å²) < 4.78 is 14.4. The highest BCUT2D eigenvalue weighted by molar-refractivity contribution is 5.96. The molecule has 2 aliphatic heterocycles. The molecule has 2 bridgehead atoms. The Hall–Kier alpha value is -1.95. The van der Waals surface area contributed by atoms with Crippen LogP contribution in [-0.2, 0) is 4.79 Å². The zero-order valence-corrected chi connectivity index (χ0v) is 15.7. The number of rotatable bonds is 5. The van der Waals surface area contributed by atoms with Gasteiger partial charge >= 0.3 is 0 Å². The molecule has 5 nitrogen and oxygen atoms in total. The van der Waals surface area contributed by atoms with Crippen molar-refractivity contribution >= 4 is 17.5 Å². The van der Waals surface area contributed by atoms with Gasteiger partial charge in [-0.2, -0.15) is 0 Å². The molecule has 2 unspecified atom stereocenters. The molecular weight excluding hydrogens is 333 g/mol. The Morgan fingerprint density at radius 1 is 1.27 bits per heavy atom. The Kier molecular flexibility index (Phi) is 5.61. The molecule has 142 valence electrons. The van der Waals surface area contributed by atoms with Gasteiger partial charge in [0.1, 0.15) is 5.82 Å². The predicted octanol–water partition coefficient (Wildman–Crippen LogP) is 3.17. The molecular formula is C20H28FN3O2.